The summed E-state index contributed by atoms with van der Waals surface area (Å²) in [6.45, 7) is 0.335. The summed E-state index contributed by atoms with van der Waals surface area (Å²) in [6, 6.07) is 13.7. The predicted octanol–water partition coefficient (Wildman–Crippen LogP) is 3.05. The van der Waals surface area contributed by atoms with Crippen molar-refractivity contribution in [3.05, 3.63) is 99.2 Å². The number of carbonyl (C=O) groups is 1. The summed E-state index contributed by atoms with van der Waals surface area (Å²) in [5, 5.41) is 10.9. The molecule has 0 saturated heterocycles. The number of hydrogen-bond acceptors (Lipinski definition) is 7. The summed E-state index contributed by atoms with van der Waals surface area (Å²) in [7, 11) is -1.91. The van der Waals surface area contributed by atoms with Crippen molar-refractivity contribution in [2.75, 3.05) is 26.5 Å². The normalized spacial score (nSPS) is 11.6. The maximum absolute atomic E-state index is 13.4. The van der Waals surface area contributed by atoms with Crippen LogP contribution < -0.4 is 5.56 Å². The number of methoxy groups -OCH3 is 1. The Morgan fingerprint density at radius 2 is 1.74 bits per heavy atom. The Kier molecular flexibility index (Phi) is 7.88. The van der Waals surface area contributed by atoms with Crippen LogP contribution in [0.15, 0.2) is 70.5 Å². The third kappa shape index (κ3) is 6.06. The Morgan fingerprint density at radius 3 is 2.37 bits per heavy atom. The Hall–Kier alpha value is -4.09. The molecule has 2 N–H and O–H groups in total. The van der Waals surface area contributed by atoms with E-state index in [2.05, 4.69) is 9.97 Å². The minimum absolute atomic E-state index is 0.0488. The van der Waals surface area contributed by atoms with Crippen LogP contribution in [0, 0.1) is 5.82 Å². The number of aromatic hydroxyl groups is 1. The van der Waals surface area contributed by atoms with Gasteiger partial charge in [0.15, 0.2) is 15.6 Å². The minimum atomic E-state index is -3.38. The number of carbonyl (C=O) groups excluding carboxylic acids is 1. The fraction of sp³-hybridized carbons (Fsp3) is 0.222. The summed E-state index contributed by atoms with van der Waals surface area (Å²) in [5.74, 6) is -1.62. The summed E-state index contributed by atoms with van der Waals surface area (Å²) < 4.78 is 41.8. The number of fused-ring (bicyclic) bond motifs is 1. The van der Waals surface area contributed by atoms with Gasteiger partial charge in [-0.1, -0.05) is 24.3 Å². The molecule has 0 bridgehead atoms. The van der Waals surface area contributed by atoms with Crippen molar-refractivity contribution < 1.29 is 27.4 Å². The minimum Gasteiger partial charge on any atom is -0.505 e. The van der Waals surface area contributed by atoms with Gasteiger partial charge in [0.25, 0.3) is 11.5 Å². The summed E-state index contributed by atoms with van der Waals surface area (Å²) >= 11 is 0. The molecule has 11 heteroatoms. The standard InChI is InChI=1S/C27H26FN3O6S/c1-37-12-11-31(16-18-5-9-21(10-6-18)38(2,35)36)27(34)23-25(32)24-22(30-26(23)33)14-19(15-29-24)13-17-3-7-20(28)8-4-17/h3-10,14-15H,11-13,16H2,1-2H3,(H2,30,32,33). The van der Waals surface area contributed by atoms with Gasteiger partial charge in [-0.05, 0) is 53.4 Å². The predicted molar refractivity (Wildman–Crippen MR) is 139 cm³/mol. The molecule has 0 aliphatic heterocycles. The smallest absolute Gasteiger partial charge is 0.265 e. The number of aromatic amines is 1. The molecule has 198 valence electrons. The van der Waals surface area contributed by atoms with E-state index in [0.29, 0.717) is 12.0 Å². The van der Waals surface area contributed by atoms with Crippen molar-refractivity contribution in [2.24, 2.45) is 0 Å². The van der Waals surface area contributed by atoms with Crippen LogP contribution in [0.5, 0.6) is 5.75 Å². The molecule has 0 aliphatic rings. The highest BCUT2D eigenvalue weighted by Crippen LogP contribution is 2.26. The lowest BCUT2D eigenvalue weighted by Crippen LogP contribution is -2.36. The molecule has 0 radical (unpaired) electrons. The number of rotatable bonds is 9. The molecule has 0 aliphatic carbocycles. The number of nitrogens with one attached hydrogen (secondary N) is 1. The fourth-order valence-corrected chi connectivity index (χ4v) is 4.64. The number of benzene rings is 2. The van der Waals surface area contributed by atoms with E-state index in [0.717, 1.165) is 17.4 Å². The number of halogens is 1. The molecule has 0 spiro atoms. The largest absolute Gasteiger partial charge is 0.505 e. The highest BCUT2D eigenvalue weighted by Gasteiger charge is 2.25. The van der Waals surface area contributed by atoms with Gasteiger partial charge in [0, 0.05) is 32.7 Å². The van der Waals surface area contributed by atoms with Gasteiger partial charge in [-0.2, -0.15) is 0 Å². The number of aromatic nitrogens is 2. The van der Waals surface area contributed by atoms with Gasteiger partial charge in [-0.15, -0.1) is 0 Å². The molecule has 2 aromatic carbocycles. The van der Waals surface area contributed by atoms with E-state index in [9.17, 15) is 27.5 Å². The lowest BCUT2D eigenvalue weighted by atomic mass is 10.1. The van der Waals surface area contributed by atoms with Gasteiger partial charge in [0.2, 0.25) is 0 Å². The molecule has 0 unspecified atom stereocenters. The average Bonchev–Trinajstić information content (AvgIpc) is 2.87. The number of pyridine rings is 2. The van der Waals surface area contributed by atoms with Crippen molar-refractivity contribution in [2.45, 2.75) is 17.9 Å². The molecule has 0 saturated carbocycles. The first kappa shape index (κ1) is 27.0. The Morgan fingerprint density at radius 1 is 1.08 bits per heavy atom. The lowest BCUT2D eigenvalue weighted by molar-refractivity contribution is 0.0676. The zero-order chi connectivity index (χ0) is 27.4. The summed E-state index contributed by atoms with van der Waals surface area (Å²) in [6.07, 6.45) is 3.05. The quantitative estimate of drug-likeness (QED) is 0.334. The van der Waals surface area contributed by atoms with E-state index in [-0.39, 0.29) is 41.4 Å². The molecular weight excluding hydrogens is 513 g/mol. The van der Waals surface area contributed by atoms with Gasteiger partial charge in [-0.3, -0.25) is 14.6 Å². The number of nitrogens with zero attached hydrogens (tertiary/aromatic N) is 2. The maximum Gasteiger partial charge on any atom is 0.265 e. The van der Waals surface area contributed by atoms with Crippen LogP contribution in [0.25, 0.3) is 11.0 Å². The van der Waals surface area contributed by atoms with Crippen molar-refractivity contribution in [3.8, 4) is 5.75 Å². The van der Waals surface area contributed by atoms with Crippen LogP contribution in [-0.4, -0.2) is 60.8 Å². The molecular formula is C27H26FN3O6S. The highest BCUT2D eigenvalue weighted by atomic mass is 32.2. The molecule has 2 aromatic heterocycles. The van der Waals surface area contributed by atoms with E-state index >= 15 is 0 Å². The third-order valence-corrected chi connectivity index (χ3v) is 7.12. The topological polar surface area (TPSA) is 130 Å². The zero-order valence-electron chi connectivity index (χ0n) is 20.8. The number of ether oxygens (including phenoxy) is 1. The van der Waals surface area contributed by atoms with Crippen LogP contribution in [-0.2, 0) is 27.5 Å². The van der Waals surface area contributed by atoms with Crippen LogP contribution >= 0.6 is 0 Å². The summed E-state index contributed by atoms with van der Waals surface area (Å²) in [5.41, 5.74) is 1.25. The monoisotopic (exact) mass is 539 g/mol. The van der Waals surface area contributed by atoms with Gasteiger partial charge in [0.05, 0.1) is 17.0 Å². The van der Waals surface area contributed by atoms with Crippen molar-refractivity contribution in [3.63, 3.8) is 0 Å². The van der Waals surface area contributed by atoms with E-state index in [4.69, 9.17) is 4.74 Å². The van der Waals surface area contributed by atoms with Crippen molar-refractivity contribution in [1.29, 1.82) is 0 Å². The lowest BCUT2D eigenvalue weighted by Gasteiger charge is -2.23. The second kappa shape index (κ2) is 11.1. The number of hydrogen-bond donors (Lipinski definition) is 2. The average molecular weight is 540 g/mol. The number of H-pyrrole nitrogens is 1. The molecule has 4 aromatic rings. The summed E-state index contributed by atoms with van der Waals surface area (Å²) in [4.78, 5) is 34.8. The van der Waals surface area contributed by atoms with Gasteiger partial charge < -0.3 is 19.7 Å². The van der Waals surface area contributed by atoms with E-state index in [1.54, 1.807) is 30.3 Å². The first-order valence-electron chi connectivity index (χ1n) is 11.6. The second-order valence-electron chi connectivity index (χ2n) is 8.86. The highest BCUT2D eigenvalue weighted by molar-refractivity contribution is 7.90. The van der Waals surface area contributed by atoms with Gasteiger partial charge in [-0.25, -0.2) is 12.8 Å². The van der Waals surface area contributed by atoms with Crippen LogP contribution in [0.2, 0.25) is 0 Å². The fourth-order valence-electron chi connectivity index (χ4n) is 4.01. The zero-order valence-corrected chi connectivity index (χ0v) is 21.6. The second-order valence-corrected chi connectivity index (χ2v) is 10.9. The van der Waals surface area contributed by atoms with Crippen LogP contribution in [0.1, 0.15) is 27.0 Å². The molecule has 0 fully saturated rings. The number of amides is 1. The Bertz CT molecular complexity index is 1630. The van der Waals surface area contributed by atoms with Crippen molar-refractivity contribution in [1.82, 2.24) is 14.9 Å². The Balaban J connectivity index is 1.64. The first-order valence-corrected chi connectivity index (χ1v) is 13.5. The van der Waals surface area contributed by atoms with Crippen LogP contribution in [0.4, 0.5) is 4.39 Å². The van der Waals surface area contributed by atoms with E-state index in [1.807, 2.05) is 0 Å². The van der Waals surface area contributed by atoms with Gasteiger partial charge in [0.1, 0.15) is 16.9 Å². The van der Waals surface area contributed by atoms with E-state index in [1.165, 1.54) is 42.5 Å². The molecule has 4 rings (SSSR count). The SMILES string of the molecule is COCCN(Cc1ccc(S(C)(=O)=O)cc1)C(=O)c1c(O)c2ncc(Cc3ccc(F)cc3)cc2[nH]c1=O. The molecule has 9 nitrogen and oxygen atoms in total. The molecule has 2 heterocycles. The molecule has 38 heavy (non-hydrogen) atoms. The Labute approximate surface area is 218 Å². The molecule has 1 amide bonds. The van der Waals surface area contributed by atoms with E-state index < -0.39 is 32.6 Å². The van der Waals surface area contributed by atoms with Gasteiger partial charge >= 0.3 is 0 Å². The third-order valence-electron chi connectivity index (χ3n) is 5.99. The number of sulfone groups is 1. The molecule has 0 atom stereocenters. The van der Waals surface area contributed by atoms with Crippen LogP contribution in [0.3, 0.4) is 0 Å². The first-order chi connectivity index (χ1) is 18.1. The maximum atomic E-state index is 13.4. The van der Waals surface area contributed by atoms with Crippen molar-refractivity contribution >= 4 is 26.8 Å².